The predicted molar refractivity (Wildman–Crippen MR) is 110 cm³/mol. The Hall–Kier alpha value is -2.87. The van der Waals surface area contributed by atoms with Gasteiger partial charge in [0.25, 0.3) is 0 Å². The molecule has 0 saturated carbocycles. The molecule has 4 aromatic rings. The summed E-state index contributed by atoms with van der Waals surface area (Å²) in [7, 11) is 2.06. The van der Waals surface area contributed by atoms with Crippen LogP contribution in [0, 0.1) is 13.8 Å². The van der Waals surface area contributed by atoms with Gasteiger partial charge in [0, 0.05) is 10.9 Å². The van der Waals surface area contributed by atoms with Crippen LogP contribution in [0.4, 0.5) is 0 Å². The van der Waals surface area contributed by atoms with Crippen LogP contribution in [0.3, 0.4) is 0 Å². The molecule has 0 aliphatic carbocycles. The quantitative estimate of drug-likeness (QED) is 0.497. The third-order valence-electron chi connectivity index (χ3n) is 4.80. The Morgan fingerprint density at radius 3 is 2.08 bits per heavy atom. The lowest BCUT2D eigenvalue weighted by molar-refractivity contribution is 1.37. The van der Waals surface area contributed by atoms with Crippen LogP contribution in [-0.2, 0) is 0 Å². The highest BCUT2D eigenvalue weighted by Gasteiger charge is 2.09. The van der Waals surface area contributed by atoms with Crippen molar-refractivity contribution in [2.75, 3.05) is 0 Å². The van der Waals surface area contributed by atoms with E-state index in [1.54, 1.807) is 0 Å². The maximum atomic E-state index is 4.81. The third kappa shape index (κ3) is 2.85. The molecule has 0 atom stereocenters. The molecule has 0 aliphatic heterocycles. The van der Waals surface area contributed by atoms with Crippen molar-refractivity contribution in [1.29, 1.82) is 0 Å². The van der Waals surface area contributed by atoms with E-state index < -0.39 is 0 Å². The Morgan fingerprint density at radius 2 is 1.36 bits per heavy atom. The number of aryl methyl sites for hydroxylation is 2. The molecule has 1 aromatic heterocycles. The van der Waals surface area contributed by atoms with Gasteiger partial charge in [0.2, 0.25) is 0 Å². The zero-order chi connectivity index (χ0) is 17.4. The van der Waals surface area contributed by atoms with E-state index in [9.17, 15) is 0 Å². The highest BCUT2D eigenvalue weighted by Crippen LogP contribution is 2.31. The van der Waals surface area contributed by atoms with Crippen LogP contribution in [0.2, 0.25) is 0 Å². The summed E-state index contributed by atoms with van der Waals surface area (Å²) in [5.74, 6) is 0. The van der Waals surface area contributed by atoms with Crippen molar-refractivity contribution in [1.82, 2.24) is 4.98 Å². The van der Waals surface area contributed by atoms with Crippen molar-refractivity contribution in [3.05, 3.63) is 83.9 Å². The molecular formula is C23H20BN. The fourth-order valence-electron chi connectivity index (χ4n) is 3.62. The molecule has 0 radical (unpaired) electrons. The molecule has 25 heavy (non-hydrogen) atoms. The Balaban J connectivity index is 1.84. The van der Waals surface area contributed by atoms with Crippen molar-refractivity contribution in [2.24, 2.45) is 0 Å². The Morgan fingerprint density at radius 1 is 0.720 bits per heavy atom. The SMILES string of the molecule is Bc1cc2ccccc2c(-c2ccc(-c3c(C)cccc3C)cc2)n1. The first kappa shape index (κ1) is 15.7. The first-order valence-electron chi connectivity index (χ1n) is 8.67. The van der Waals surface area contributed by atoms with Crippen LogP contribution >= 0.6 is 0 Å². The molecule has 2 heteroatoms. The Labute approximate surface area is 149 Å². The molecule has 0 fully saturated rings. The van der Waals surface area contributed by atoms with Crippen molar-refractivity contribution in [2.45, 2.75) is 13.8 Å². The molecule has 4 rings (SSSR count). The van der Waals surface area contributed by atoms with E-state index in [0.717, 1.165) is 16.9 Å². The van der Waals surface area contributed by atoms with E-state index in [2.05, 4.69) is 94.5 Å². The average molecular weight is 321 g/mol. The summed E-state index contributed by atoms with van der Waals surface area (Å²) in [5, 5.41) is 2.44. The lowest BCUT2D eigenvalue weighted by Gasteiger charge is -2.12. The number of benzene rings is 3. The number of hydrogen-bond acceptors (Lipinski definition) is 1. The second kappa shape index (κ2) is 6.21. The van der Waals surface area contributed by atoms with Crippen molar-refractivity contribution in [3.63, 3.8) is 0 Å². The fourth-order valence-corrected chi connectivity index (χ4v) is 3.62. The first-order chi connectivity index (χ1) is 12.1. The molecule has 0 unspecified atom stereocenters. The summed E-state index contributed by atoms with van der Waals surface area (Å²) in [5.41, 5.74) is 8.48. The second-order valence-electron chi connectivity index (χ2n) is 6.68. The van der Waals surface area contributed by atoms with Crippen LogP contribution < -0.4 is 5.59 Å². The van der Waals surface area contributed by atoms with Gasteiger partial charge in [0.15, 0.2) is 7.85 Å². The molecule has 120 valence electrons. The fraction of sp³-hybridized carbons (Fsp3) is 0.0870. The van der Waals surface area contributed by atoms with Crippen LogP contribution in [0.25, 0.3) is 33.2 Å². The van der Waals surface area contributed by atoms with Gasteiger partial charge in [-0.05, 0) is 53.1 Å². The monoisotopic (exact) mass is 321 g/mol. The molecule has 0 saturated heterocycles. The van der Waals surface area contributed by atoms with E-state index in [1.165, 1.54) is 33.0 Å². The van der Waals surface area contributed by atoms with Gasteiger partial charge in [-0.2, -0.15) is 0 Å². The second-order valence-corrected chi connectivity index (χ2v) is 6.68. The number of hydrogen-bond donors (Lipinski definition) is 0. The smallest absolute Gasteiger partial charge is 0.163 e. The lowest BCUT2D eigenvalue weighted by Crippen LogP contribution is -2.08. The number of rotatable bonds is 2. The van der Waals surface area contributed by atoms with E-state index in [4.69, 9.17) is 4.98 Å². The summed E-state index contributed by atoms with van der Waals surface area (Å²) in [6.45, 7) is 4.34. The number of aromatic nitrogens is 1. The molecule has 1 nitrogen and oxygen atoms in total. The largest absolute Gasteiger partial charge is 0.263 e. The maximum Gasteiger partial charge on any atom is 0.163 e. The average Bonchev–Trinajstić information content (AvgIpc) is 2.61. The third-order valence-corrected chi connectivity index (χ3v) is 4.80. The lowest BCUT2D eigenvalue weighted by atomic mass is 9.93. The maximum absolute atomic E-state index is 4.81. The van der Waals surface area contributed by atoms with Gasteiger partial charge in [-0.3, -0.25) is 4.98 Å². The van der Waals surface area contributed by atoms with Crippen LogP contribution in [-0.4, -0.2) is 12.8 Å². The van der Waals surface area contributed by atoms with E-state index in [-0.39, 0.29) is 0 Å². The molecule has 1 heterocycles. The zero-order valence-electron chi connectivity index (χ0n) is 14.9. The highest BCUT2D eigenvalue weighted by atomic mass is 14.7. The van der Waals surface area contributed by atoms with Gasteiger partial charge in [-0.1, -0.05) is 66.7 Å². The predicted octanol–water partition coefficient (Wildman–Crippen LogP) is 4.44. The normalized spacial score (nSPS) is 11.0. The minimum absolute atomic E-state index is 1.05. The van der Waals surface area contributed by atoms with E-state index in [0.29, 0.717) is 0 Å². The molecule has 0 N–H and O–H groups in total. The van der Waals surface area contributed by atoms with E-state index >= 15 is 0 Å². The van der Waals surface area contributed by atoms with Gasteiger partial charge >= 0.3 is 0 Å². The summed E-state index contributed by atoms with van der Waals surface area (Å²) in [4.78, 5) is 4.81. The number of fused-ring (bicyclic) bond motifs is 1. The van der Waals surface area contributed by atoms with Gasteiger partial charge < -0.3 is 0 Å². The minimum Gasteiger partial charge on any atom is -0.263 e. The molecular weight excluding hydrogens is 301 g/mol. The van der Waals surface area contributed by atoms with Crippen LogP contribution in [0.1, 0.15) is 11.1 Å². The van der Waals surface area contributed by atoms with Gasteiger partial charge in [0.05, 0.1) is 5.69 Å². The summed E-state index contributed by atoms with van der Waals surface area (Å²) in [6, 6.07) is 25.9. The highest BCUT2D eigenvalue weighted by molar-refractivity contribution is 6.32. The topological polar surface area (TPSA) is 12.9 Å². The Bertz CT molecular complexity index is 1040. The summed E-state index contributed by atoms with van der Waals surface area (Å²) in [6.07, 6.45) is 0. The molecule has 3 aromatic carbocycles. The molecule has 0 spiro atoms. The summed E-state index contributed by atoms with van der Waals surface area (Å²) < 4.78 is 0. The first-order valence-corrected chi connectivity index (χ1v) is 8.67. The summed E-state index contributed by atoms with van der Waals surface area (Å²) >= 11 is 0. The van der Waals surface area contributed by atoms with Crippen molar-refractivity contribution < 1.29 is 0 Å². The van der Waals surface area contributed by atoms with Crippen LogP contribution in [0.15, 0.2) is 72.8 Å². The Kier molecular flexibility index (Phi) is 3.89. The molecule has 0 aliphatic rings. The van der Waals surface area contributed by atoms with Crippen molar-refractivity contribution in [3.8, 4) is 22.4 Å². The van der Waals surface area contributed by atoms with Gasteiger partial charge in [-0.25, -0.2) is 0 Å². The molecule has 0 bridgehead atoms. The van der Waals surface area contributed by atoms with Crippen molar-refractivity contribution >= 4 is 24.2 Å². The van der Waals surface area contributed by atoms with Crippen LogP contribution in [0.5, 0.6) is 0 Å². The van der Waals surface area contributed by atoms with Gasteiger partial charge in [-0.15, -0.1) is 0 Å². The zero-order valence-corrected chi connectivity index (χ0v) is 14.9. The van der Waals surface area contributed by atoms with E-state index in [1.807, 2.05) is 0 Å². The standard InChI is InChI=1S/C23H20BN/c1-15-6-5-7-16(2)22(15)17-10-12-18(13-11-17)23-20-9-4-3-8-19(20)14-21(24)25-23/h3-14H,24H2,1-2H3. The minimum atomic E-state index is 1.05. The van der Waals surface area contributed by atoms with Gasteiger partial charge in [0.1, 0.15) is 0 Å². The number of pyridine rings is 1. The molecule has 0 amide bonds. The number of nitrogens with zero attached hydrogens (tertiary/aromatic N) is 1.